The van der Waals surface area contributed by atoms with E-state index in [9.17, 15) is 31.2 Å². The number of nitrogens with zero attached hydrogens (tertiary/aromatic N) is 4. The minimum Gasteiger partial charge on any atom is -0.743 e. The topological polar surface area (TPSA) is 181 Å². The van der Waals surface area contributed by atoms with E-state index in [4.69, 9.17) is 4.99 Å². The van der Waals surface area contributed by atoms with Crippen molar-refractivity contribution in [3.8, 4) is 0 Å². The molecule has 4 aliphatic heterocycles. The van der Waals surface area contributed by atoms with Crippen LogP contribution in [0.4, 0.5) is 22.7 Å². The molecule has 2 spiro atoms. The summed E-state index contributed by atoms with van der Waals surface area (Å²) >= 11 is 0.629. The van der Waals surface area contributed by atoms with Crippen LogP contribution >= 0.6 is 12.0 Å². The second-order valence-electron chi connectivity index (χ2n) is 9.80. The Bertz CT molecular complexity index is 1690. The van der Waals surface area contributed by atoms with Crippen LogP contribution in [0.15, 0.2) is 45.2 Å². The minimum absolute atomic E-state index is 0. The van der Waals surface area contributed by atoms with Gasteiger partial charge in [-0.15, -0.1) is 0 Å². The molecule has 2 saturated heterocycles. The first-order valence-electron chi connectivity index (χ1n) is 11.6. The molecule has 0 amide bonds. The molecule has 4 heterocycles. The Labute approximate surface area is 277 Å². The van der Waals surface area contributed by atoms with Crippen LogP contribution in [0.2, 0.25) is 0 Å². The number of amidine groups is 2. The van der Waals surface area contributed by atoms with Crippen molar-refractivity contribution in [3.05, 3.63) is 41.5 Å². The van der Waals surface area contributed by atoms with E-state index in [0.29, 0.717) is 57.6 Å². The molecule has 0 bridgehead atoms. The number of fused-ring (bicyclic) bond motifs is 4. The second-order valence-corrected chi connectivity index (χ2v) is 13.6. The third-order valence-electron chi connectivity index (χ3n) is 8.03. The predicted octanol–water partition coefficient (Wildman–Crippen LogP) is -7.44. The summed E-state index contributed by atoms with van der Waals surface area (Å²) < 4.78 is 77.4. The molecule has 4 atom stereocenters. The molecule has 0 aromatic heterocycles. The maximum Gasteiger partial charge on any atom is 1.00 e. The number of benzene rings is 2. The molecular weight excluding hydrogens is 581 g/mol. The Balaban J connectivity index is 0.00000154. The van der Waals surface area contributed by atoms with Crippen LogP contribution in [-0.2, 0) is 29.6 Å². The molecule has 2 aromatic carbocycles. The fraction of sp³-hybridized carbons (Fsp3) is 0.364. The summed E-state index contributed by atoms with van der Waals surface area (Å²) in [6, 6.07) is 8.46. The van der Waals surface area contributed by atoms with E-state index in [1.54, 1.807) is 37.3 Å². The van der Waals surface area contributed by atoms with Gasteiger partial charge in [0.05, 0.1) is 48.4 Å². The van der Waals surface area contributed by atoms with Crippen LogP contribution in [-0.4, -0.2) is 61.4 Å². The van der Waals surface area contributed by atoms with Gasteiger partial charge >= 0.3 is 56.6 Å². The van der Waals surface area contributed by atoms with Crippen LogP contribution in [0.1, 0.15) is 30.9 Å². The maximum absolute atomic E-state index is 12.4. The van der Waals surface area contributed by atoms with Crippen molar-refractivity contribution in [2.24, 2.45) is 9.98 Å². The molecule has 4 aliphatic rings. The first-order chi connectivity index (χ1) is 17.8. The quantitative estimate of drug-likeness (QED) is 0.0770. The first kappa shape index (κ1) is 35.0. The molecule has 13 nitrogen and oxygen atoms in total. The normalized spacial score (nSPS) is 27.3. The number of rotatable bonds is 6. The zero-order valence-corrected chi connectivity index (χ0v) is 25.5. The smallest absolute Gasteiger partial charge is 0.743 e. The molecule has 4 unspecified atom stereocenters. The molecule has 2 aromatic rings. The van der Waals surface area contributed by atoms with E-state index < -0.39 is 31.0 Å². The van der Waals surface area contributed by atoms with E-state index in [2.05, 4.69) is 14.4 Å². The van der Waals surface area contributed by atoms with Gasteiger partial charge in [-0.2, -0.15) is 14.3 Å². The van der Waals surface area contributed by atoms with Gasteiger partial charge in [-0.3, -0.25) is 5.04 Å². The predicted molar refractivity (Wildman–Crippen MR) is 134 cm³/mol. The van der Waals surface area contributed by atoms with Gasteiger partial charge in [0, 0.05) is 19.1 Å². The number of quaternary nitrogens is 2. The van der Waals surface area contributed by atoms with Crippen molar-refractivity contribution >= 4 is 66.7 Å². The zero-order valence-electron chi connectivity index (χ0n) is 23.1. The monoisotopic (exact) mass is 602 g/mol. The number of hydrogen-bond acceptors (Lipinski definition) is 12. The number of aliphatic imine (C=N–C) groups is 2. The Morgan fingerprint density at radius 3 is 1.90 bits per heavy atom. The summed E-state index contributed by atoms with van der Waals surface area (Å²) in [5.74, 6) is 0.707. The Hall–Kier alpha value is -0.458. The average Bonchev–Trinajstić information content (AvgIpc) is 3.25. The summed E-state index contributed by atoms with van der Waals surface area (Å²) in [5.41, 5.74) is 2.94. The third-order valence-corrected chi connectivity index (χ3v) is 11.2. The number of hydrogen-bond donors (Lipinski definition) is 0. The fourth-order valence-electron chi connectivity index (χ4n) is 6.22. The molecule has 6 rings (SSSR count). The van der Waals surface area contributed by atoms with Crippen LogP contribution in [0.5, 0.6) is 0 Å². The maximum atomic E-state index is 12.4. The fourth-order valence-corrected chi connectivity index (χ4v) is 9.16. The molecule has 41 heavy (non-hydrogen) atoms. The summed E-state index contributed by atoms with van der Waals surface area (Å²) in [5, 5.41) is 11.5. The van der Waals surface area contributed by atoms with Gasteiger partial charge in [-0.25, -0.2) is 25.8 Å². The summed E-state index contributed by atoms with van der Waals surface area (Å²) in [6.07, 6.45) is 0.292. The summed E-state index contributed by atoms with van der Waals surface area (Å²) in [7, 11) is -9.42. The van der Waals surface area contributed by atoms with Crippen LogP contribution in [0, 0.1) is 6.92 Å². The Morgan fingerprint density at radius 1 is 0.854 bits per heavy atom. The van der Waals surface area contributed by atoms with Gasteiger partial charge in [0.2, 0.25) is 11.7 Å². The van der Waals surface area contributed by atoms with Crippen molar-refractivity contribution < 1.29 is 97.2 Å². The van der Waals surface area contributed by atoms with Crippen LogP contribution in [0.25, 0.3) is 0 Å². The van der Waals surface area contributed by atoms with Gasteiger partial charge in [-0.1, -0.05) is 6.07 Å². The van der Waals surface area contributed by atoms with Gasteiger partial charge in [-0.05, 0) is 24.6 Å². The zero-order chi connectivity index (χ0) is 27.3. The van der Waals surface area contributed by atoms with Crippen molar-refractivity contribution in [1.82, 2.24) is 8.97 Å². The number of aryl methyl sites for hydroxylation is 1. The van der Waals surface area contributed by atoms with Gasteiger partial charge in [0.25, 0.3) is 0 Å². The third kappa shape index (κ3) is 5.10. The molecule has 0 saturated carbocycles. The summed E-state index contributed by atoms with van der Waals surface area (Å²) in [6.45, 7) is 4.10. The molecule has 2 fully saturated rings. The van der Waals surface area contributed by atoms with E-state index in [1.807, 2.05) is 6.92 Å². The van der Waals surface area contributed by atoms with Gasteiger partial charge in [0.15, 0.2) is 42.4 Å². The van der Waals surface area contributed by atoms with E-state index in [0.717, 1.165) is 5.56 Å². The van der Waals surface area contributed by atoms with Crippen molar-refractivity contribution in [1.29, 1.82) is 0 Å². The standard InChI is InChI=1S/C22H22N4O9S3.3Li/c1-12-3-4-14(19(9-12)36-35-34-27)22-24-16-11-17-15(10-18(16)26(22)8-6-21(26)38(31,32)33)23-13(2)25(17)7-5-20(25)37(28,29)30;;;/h3-4,9-11,20-21H,5-8H2,1-2H3,(H-2,27,28,29,30,31,32,33);;;/q;3*+1/p-1. The average molecular weight is 602 g/mol. The molecule has 202 valence electrons. The Morgan fingerprint density at radius 2 is 1.39 bits per heavy atom. The molecule has 0 aliphatic carbocycles. The molecule has 19 heteroatoms. The minimum atomic E-state index is -4.78. The van der Waals surface area contributed by atoms with Crippen LogP contribution in [0.3, 0.4) is 0 Å². The SMILES string of the molecule is CC1=Nc2cc3c(cc2[N+]12CCC2S(=O)(=O)[O-])N=C(c1ccc(C)cc1SOO[O-])[N+]31CCC1S(=O)(=O)[O-].[Li+].[Li+].[Li+]. The summed E-state index contributed by atoms with van der Waals surface area (Å²) in [4.78, 5) is 9.77. The van der Waals surface area contributed by atoms with E-state index in [-0.39, 0.29) is 90.8 Å². The molecule has 0 radical (unpaired) electrons. The molecular formula is C22H21Li3N4O9S3+2. The van der Waals surface area contributed by atoms with E-state index >= 15 is 0 Å². The molecule has 0 N–H and O–H groups in total. The van der Waals surface area contributed by atoms with Crippen LogP contribution < -0.4 is 70.8 Å². The Kier molecular flexibility index (Phi) is 10.1. The van der Waals surface area contributed by atoms with E-state index in [1.165, 1.54) is 0 Å². The van der Waals surface area contributed by atoms with Crippen molar-refractivity contribution in [2.75, 3.05) is 13.1 Å². The van der Waals surface area contributed by atoms with Crippen molar-refractivity contribution in [2.45, 2.75) is 42.3 Å². The van der Waals surface area contributed by atoms with Crippen molar-refractivity contribution in [3.63, 3.8) is 0 Å². The van der Waals surface area contributed by atoms with Gasteiger partial charge in [0.1, 0.15) is 11.4 Å². The van der Waals surface area contributed by atoms with Gasteiger partial charge < -0.3 is 14.4 Å². The second kappa shape index (κ2) is 11.8. The largest absolute Gasteiger partial charge is 1.00 e. The first-order valence-corrected chi connectivity index (χ1v) is 15.3.